The van der Waals surface area contributed by atoms with E-state index in [1.54, 1.807) is 42.5 Å². The molecule has 19 heavy (non-hydrogen) atoms. The summed E-state index contributed by atoms with van der Waals surface area (Å²) in [4.78, 5) is 0. The van der Waals surface area contributed by atoms with Crippen LogP contribution in [0.4, 0.5) is 4.39 Å². The first-order chi connectivity index (χ1) is 9.18. The molecule has 0 aromatic heterocycles. The maximum absolute atomic E-state index is 13.9. The molecule has 0 fully saturated rings. The fraction of sp³-hybridized carbons (Fsp3) is 0.125. The van der Waals surface area contributed by atoms with Gasteiger partial charge in [0.15, 0.2) is 5.60 Å². The van der Waals surface area contributed by atoms with Gasteiger partial charge in [0.05, 0.1) is 0 Å². The first kappa shape index (κ1) is 13.3. The zero-order chi connectivity index (χ0) is 13.7. The van der Waals surface area contributed by atoms with Gasteiger partial charge in [-0.05, 0) is 6.07 Å². The van der Waals surface area contributed by atoms with Crippen molar-refractivity contribution in [2.24, 2.45) is 0 Å². The first-order valence-electron chi connectivity index (χ1n) is 5.82. The van der Waals surface area contributed by atoms with Crippen molar-refractivity contribution in [2.45, 2.75) is 5.60 Å². The summed E-state index contributed by atoms with van der Waals surface area (Å²) in [6.07, 6.45) is 0. The van der Waals surface area contributed by atoms with Crippen molar-refractivity contribution in [1.29, 1.82) is 0 Å². The molecule has 0 amide bonds. The second-order valence-corrected chi connectivity index (χ2v) is 4.02. The van der Waals surface area contributed by atoms with E-state index in [9.17, 15) is 9.50 Å². The molecule has 1 atom stereocenters. The minimum atomic E-state index is -1.77. The molecule has 0 aliphatic heterocycles. The van der Waals surface area contributed by atoms with Crippen LogP contribution in [-0.2, 0) is 5.60 Å². The Kier molecular flexibility index (Phi) is 3.96. The van der Waals surface area contributed by atoms with Gasteiger partial charge in [-0.15, -0.1) is 0 Å². The third-order valence-corrected chi connectivity index (χ3v) is 2.80. The normalized spacial score (nSPS) is 13.2. The number of rotatable bonds is 2. The van der Waals surface area contributed by atoms with E-state index in [4.69, 9.17) is 5.11 Å². The molecule has 0 saturated heterocycles. The Morgan fingerprint density at radius 3 is 2.26 bits per heavy atom. The van der Waals surface area contributed by atoms with Crippen LogP contribution in [0.3, 0.4) is 0 Å². The van der Waals surface area contributed by atoms with Crippen LogP contribution in [0.25, 0.3) is 0 Å². The Balaban J connectivity index is 2.63. The first-order valence-corrected chi connectivity index (χ1v) is 5.82. The summed E-state index contributed by atoms with van der Waals surface area (Å²) in [7, 11) is 0. The third-order valence-electron chi connectivity index (χ3n) is 2.80. The number of aliphatic hydroxyl groups is 2. The second-order valence-electron chi connectivity index (χ2n) is 4.02. The maximum Gasteiger partial charge on any atom is 0.179 e. The van der Waals surface area contributed by atoms with Gasteiger partial charge in [0.2, 0.25) is 0 Å². The summed E-state index contributed by atoms with van der Waals surface area (Å²) in [6, 6.07) is 14.5. The summed E-state index contributed by atoms with van der Waals surface area (Å²) >= 11 is 0. The molecule has 2 N–H and O–H groups in total. The average molecular weight is 256 g/mol. The maximum atomic E-state index is 13.9. The van der Waals surface area contributed by atoms with Crippen LogP contribution in [0.1, 0.15) is 11.1 Å². The highest BCUT2D eigenvalue weighted by Gasteiger charge is 2.31. The van der Waals surface area contributed by atoms with Gasteiger partial charge in [0.1, 0.15) is 12.4 Å². The van der Waals surface area contributed by atoms with E-state index >= 15 is 0 Å². The van der Waals surface area contributed by atoms with Gasteiger partial charge >= 0.3 is 0 Å². The van der Waals surface area contributed by atoms with E-state index in [2.05, 4.69) is 11.8 Å². The van der Waals surface area contributed by atoms with Crippen LogP contribution in [-0.4, -0.2) is 16.8 Å². The third kappa shape index (κ3) is 2.65. The second kappa shape index (κ2) is 5.66. The van der Waals surface area contributed by atoms with Gasteiger partial charge in [-0.2, -0.15) is 0 Å². The lowest BCUT2D eigenvalue weighted by atomic mass is 9.86. The Morgan fingerprint density at radius 2 is 1.63 bits per heavy atom. The molecule has 2 aromatic carbocycles. The fourth-order valence-corrected chi connectivity index (χ4v) is 1.90. The van der Waals surface area contributed by atoms with Crippen molar-refractivity contribution < 1.29 is 14.6 Å². The summed E-state index contributed by atoms with van der Waals surface area (Å²) in [5, 5.41) is 19.6. The zero-order valence-electron chi connectivity index (χ0n) is 10.2. The van der Waals surface area contributed by atoms with Crippen molar-refractivity contribution >= 4 is 0 Å². The van der Waals surface area contributed by atoms with E-state index in [1.807, 2.05) is 0 Å². The van der Waals surface area contributed by atoms with Gasteiger partial charge in [0, 0.05) is 11.1 Å². The molecule has 96 valence electrons. The molecular weight excluding hydrogens is 243 g/mol. The minimum absolute atomic E-state index is 0.0714. The molecule has 0 spiro atoms. The quantitative estimate of drug-likeness (QED) is 0.807. The number of benzene rings is 2. The van der Waals surface area contributed by atoms with E-state index in [1.165, 1.54) is 12.1 Å². The molecule has 1 unspecified atom stereocenters. The molecule has 0 aliphatic carbocycles. The lowest BCUT2D eigenvalue weighted by Crippen LogP contribution is -2.26. The van der Waals surface area contributed by atoms with Crippen molar-refractivity contribution in [3.8, 4) is 11.8 Å². The molecule has 2 rings (SSSR count). The van der Waals surface area contributed by atoms with Crippen LogP contribution >= 0.6 is 0 Å². The number of hydrogen-bond donors (Lipinski definition) is 2. The highest BCUT2D eigenvalue weighted by atomic mass is 19.1. The summed E-state index contributed by atoms with van der Waals surface area (Å²) in [5.74, 6) is 4.40. The Labute approximate surface area is 111 Å². The average Bonchev–Trinajstić information content (AvgIpc) is 2.46. The number of hydrogen-bond acceptors (Lipinski definition) is 2. The molecule has 0 saturated carbocycles. The molecule has 2 nitrogen and oxygen atoms in total. The van der Waals surface area contributed by atoms with Gasteiger partial charge in [-0.25, -0.2) is 4.39 Å². The predicted octanol–water partition coefficient (Wildman–Crippen LogP) is 2.06. The van der Waals surface area contributed by atoms with E-state index < -0.39 is 18.0 Å². The summed E-state index contributed by atoms with van der Waals surface area (Å²) in [6.45, 7) is -0.399. The van der Waals surface area contributed by atoms with Crippen LogP contribution < -0.4 is 0 Å². The predicted molar refractivity (Wildman–Crippen MR) is 70.7 cm³/mol. The van der Waals surface area contributed by atoms with E-state index in [0.717, 1.165) is 0 Å². The van der Waals surface area contributed by atoms with Crippen LogP contribution in [0.15, 0.2) is 54.6 Å². The van der Waals surface area contributed by atoms with Gasteiger partial charge < -0.3 is 10.2 Å². The van der Waals surface area contributed by atoms with Gasteiger partial charge in [-0.1, -0.05) is 60.4 Å². The highest BCUT2D eigenvalue weighted by Crippen LogP contribution is 2.30. The van der Waals surface area contributed by atoms with Crippen molar-refractivity contribution in [3.63, 3.8) is 0 Å². The van der Waals surface area contributed by atoms with Crippen molar-refractivity contribution in [1.82, 2.24) is 0 Å². The monoisotopic (exact) mass is 256 g/mol. The van der Waals surface area contributed by atoms with Crippen LogP contribution in [0, 0.1) is 17.7 Å². The molecule has 0 heterocycles. The highest BCUT2D eigenvalue weighted by molar-refractivity contribution is 5.44. The van der Waals surface area contributed by atoms with Crippen LogP contribution in [0.2, 0.25) is 0 Å². The van der Waals surface area contributed by atoms with E-state index in [-0.39, 0.29) is 5.56 Å². The standard InChI is InChI=1S/C16H13FO2/c17-15-10-5-4-9-14(15)16(19,11-6-12-18)13-7-2-1-3-8-13/h1-5,7-10,18-19H,12H2. The molecule has 0 aliphatic rings. The Hall–Kier alpha value is -2.15. The summed E-state index contributed by atoms with van der Waals surface area (Å²) < 4.78 is 13.9. The minimum Gasteiger partial charge on any atom is -0.384 e. The van der Waals surface area contributed by atoms with Crippen LogP contribution in [0.5, 0.6) is 0 Å². The Morgan fingerprint density at radius 1 is 1.00 bits per heavy atom. The van der Waals surface area contributed by atoms with Gasteiger partial charge in [0.25, 0.3) is 0 Å². The topological polar surface area (TPSA) is 40.5 Å². The largest absolute Gasteiger partial charge is 0.384 e. The van der Waals surface area contributed by atoms with E-state index in [0.29, 0.717) is 5.56 Å². The molecule has 2 aromatic rings. The molecule has 3 heteroatoms. The lowest BCUT2D eigenvalue weighted by molar-refractivity contribution is 0.140. The van der Waals surface area contributed by atoms with Crippen molar-refractivity contribution in [3.05, 3.63) is 71.5 Å². The van der Waals surface area contributed by atoms with Gasteiger partial charge in [-0.3, -0.25) is 0 Å². The molecule has 0 radical (unpaired) electrons. The fourth-order valence-electron chi connectivity index (χ4n) is 1.90. The molecular formula is C16H13FO2. The summed E-state index contributed by atoms with van der Waals surface area (Å²) in [5.41, 5.74) is -1.24. The SMILES string of the molecule is OCC#CC(O)(c1ccccc1)c1ccccc1F. The Bertz CT molecular complexity index is 613. The number of halogens is 1. The smallest absolute Gasteiger partial charge is 0.179 e. The zero-order valence-corrected chi connectivity index (χ0v) is 10.2. The lowest BCUT2D eigenvalue weighted by Gasteiger charge is -2.23. The number of aliphatic hydroxyl groups excluding tert-OH is 1. The molecule has 0 bridgehead atoms. The van der Waals surface area contributed by atoms with Crippen molar-refractivity contribution in [2.75, 3.05) is 6.61 Å².